The van der Waals surface area contributed by atoms with E-state index in [0.717, 1.165) is 21.9 Å². The van der Waals surface area contributed by atoms with E-state index in [1.807, 2.05) is 42.5 Å². The van der Waals surface area contributed by atoms with Crippen LogP contribution in [0.15, 0.2) is 47.6 Å². The second-order valence-electron chi connectivity index (χ2n) is 6.03. The summed E-state index contributed by atoms with van der Waals surface area (Å²) < 4.78 is 11.2. The third kappa shape index (κ3) is 3.02. The number of aromatic nitrogens is 3. The number of pyridine rings is 1. The lowest BCUT2D eigenvalue weighted by Crippen LogP contribution is -2.15. The fourth-order valence-electron chi connectivity index (χ4n) is 2.96. The van der Waals surface area contributed by atoms with Crippen LogP contribution >= 0.6 is 11.6 Å². The van der Waals surface area contributed by atoms with E-state index >= 15 is 0 Å². The lowest BCUT2D eigenvalue weighted by atomic mass is 10.1. The van der Waals surface area contributed by atoms with E-state index in [9.17, 15) is 0 Å². The summed E-state index contributed by atoms with van der Waals surface area (Å²) in [4.78, 5) is 12.0. The SMILES string of the molecule is Clc1nc2cc3c(cc2cc1/C=N/Nc1nc2ccccc2[nH]1)OCCO3. The summed E-state index contributed by atoms with van der Waals surface area (Å²) in [5.41, 5.74) is 6.11. The highest BCUT2D eigenvalue weighted by molar-refractivity contribution is 6.32. The molecule has 0 saturated carbocycles. The predicted molar refractivity (Wildman–Crippen MR) is 105 cm³/mol. The van der Waals surface area contributed by atoms with E-state index in [1.54, 1.807) is 6.21 Å². The Kier molecular flexibility index (Phi) is 3.79. The Morgan fingerprint density at radius 2 is 1.85 bits per heavy atom. The molecule has 0 spiro atoms. The second kappa shape index (κ2) is 6.44. The number of halogens is 1. The van der Waals surface area contributed by atoms with Crippen LogP contribution in [-0.4, -0.2) is 34.4 Å². The molecule has 0 amide bonds. The number of aromatic amines is 1. The lowest BCUT2D eigenvalue weighted by molar-refractivity contribution is 0.172. The molecule has 0 atom stereocenters. The predicted octanol–water partition coefficient (Wildman–Crippen LogP) is 3.98. The third-order valence-corrected chi connectivity index (χ3v) is 4.53. The number of benzene rings is 2. The van der Waals surface area contributed by atoms with Gasteiger partial charge in [-0.1, -0.05) is 23.7 Å². The monoisotopic (exact) mass is 379 g/mol. The van der Waals surface area contributed by atoms with Gasteiger partial charge in [-0.2, -0.15) is 5.10 Å². The van der Waals surface area contributed by atoms with Crippen LogP contribution in [0.2, 0.25) is 5.15 Å². The molecule has 4 aromatic rings. The Hall–Kier alpha value is -3.32. The van der Waals surface area contributed by atoms with Gasteiger partial charge in [-0.05, 0) is 24.3 Å². The molecule has 0 radical (unpaired) electrons. The number of rotatable bonds is 3. The summed E-state index contributed by atoms with van der Waals surface area (Å²) in [6.07, 6.45) is 1.61. The van der Waals surface area contributed by atoms with Crippen LogP contribution in [0.3, 0.4) is 0 Å². The van der Waals surface area contributed by atoms with Gasteiger partial charge in [-0.25, -0.2) is 15.4 Å². The molecule has 2 aromatic carbocycles. The Morgan fingerprint density at radius 3 is 2.70 bits per heavy atom. The number of imidazole rings is 1. The molecule has 134 valence electrons. The van der Waals surface area contributed by atoms with Crippen molar-refractivity contribution in [2.45, 2.75) is 0 Å². The number of nitrogens with one attached hydrogen (secondary N) is 2. The highest BCUT2D eigenvalue weighted by atomic mass is 35.5. The van der Waals surface area contributed by atoms with Gasteiger partial charge in [0.15, 0.2) is 11.5 Å². The number of para-hydroxylation sites is 2. The van der Waals surface area contributed by atoms with Gasteiger partial charge in [0.25, 0.3) is 0 Å². The number of nitrogens with zero attached hydrogens (tertiary/aromatic N) is 3. The van der Waals surface area contributed by atoms with Crippen molar-refractivity contribution in [1.29, 1.82) is 0 Å². The molecule has 2 N–H and O–H groups in total. The number of ether oxygens (including phenoxy) is 2. The molecule has 5 rings (SSSR count). The molecule has 0 bridgehead atoms. The maximum Gasteiger partial charge on any atom is 0.222 e. The van der Waals surface area contributed by atoms with Crippen LogP contribution in [0, 0.1) is 0 Å². The molecule has 0 unspecified atom stereocenters. The van der Waals surface area contributed by atoms with Crippen molar-refractivity contribution in [1.82, 2.24) is 15.0 Å². The standard InChI is InChI=1S/C19H14ClN5O2/c20-18-12(10-21-25-19-23-13-3-1-2-4-14(13)24-19)7-11-8-16-17(9-15(11)22-18)27-6-5-26-16/h1-4,7-10H,5-6H2,(H2,23,24,25)/b21-10+. The quantitative estimate of drug-likeness (QED) is 0.319. The van der Waals surface area contributed by atoms with Crippen molar-refractivity contribution in [2.75, 3.05) is 18.6 Å². The van der Waals surface area contributed by atoms with Crippen LogP contribution < -0.4 is 14.9 Å². The van der Waals surface area contributed by atoms with Crippen molar-refractivity contribution in [3.05, 3.63) is 53.2 Å². The molecule has 8 heteroatoms. The largest absolute Gasteiger partial charge is 0.486 e. The normalized spacial score (nSPS) is 13.5. The van der Waals surface area contributed by atoms with Crippen LogP contribution in [-0.2, 0) is 0 Å². The van der Waals surface area contributed by atoms with Crippen molar-refractivity contribution in [3.8, 4) is 11.5 Å². The number of H-pyrrole nitrogens is 1. The van der Waals surface area contributed by atoms with E-state index in [4.69, 9.17) is 21.1 Å². The smallest absolute Gasteiger partial charge is 0.222 e. The minimum absolute atomic E-state index is 0.356. The number of hydrazone groups is 1. The van der Waals surface area contributed by atoms with E-state index < -0.39 is 0 Å². The highest BCUT2D eigenvalue weighted by Crippen LogP contribution is 2.34. The zero-order valence-corrected chi connectivity index (χ0v) is 14.8. The molecule has 7 nitrogen and oxygen atoms in total. The summed E-state index contributed by atoms with van der Waals surface area (Å²) in [6, 6.07) is 13.4. The van der Waals surface area contributed by atoms with E-state index in [-0.39, 0.29) is 0 Å². The summed E-state index contributed by atoms with van der Waals surface area (Å²) in [7, 11) is 0. The van der Waals surface area contributed by atoms with Crippen LogP contribution in [0.25, 0.3) is 21.9 Å². The van der Waals surface area contributed by atoms with Crippen molar-refractivity contribution >= 4 is 45.7 Å². The van der Waals surface area contributed by atoms with Gasteiger partial charge in [0.1, 0.15) is 18.4 Å². The number of fused-ring (bicyclic) bond motifs is 3. The molecule has 0 aliphatic carbocycles. The van der Waals surface area contributed by atoms with Crippen LogP contribution in [0.4, 0.5) is 5.95 Å². The zero-order chi connectivity index (χ0) is 18.2. The first-order chi connectivity index (χ1) is 13.3. The van der Waals surface area contributed by atoms with Gasteiger partial charge in [0, 0.05) is 17.0 Å². The van der Waals surface area contributed by atoms with Crippen LogP contribution in [0.1, 0.15) is 5.56 Å². The second-order valence-corrected chi connectivity index (χ2v) is 6.39. The van der Waals surface area contributed by atoms with Crippen molar-refractivity contribution in [3.63, 3.8) is 0 Å². The van der Waals surface area contributed by atoms with E-state index in [2.05, 4.69) is 25.5 Å². The molecule has 3 heterocycles. The molecule has 2 aromatic heterocycles. The maximum absolute atomic E-state index is 6.31. The molecule has 1 aliphatic heterocycles. The molecule has 27 heavy (non-hydrogen) atoms. The average Bonchev–Trinajstić information content (AvgIpc) is 3.10. The number of hydrogen-bond donors (Lipinski definition) is 2. The van der Waals surface area contributed by atoms with E-state index in [0.29, 0.717) is 41.4 Å². The first-order valence-electron chi connectivity index (χ1n) is 8.40. The summed E-state index contributed by atoms with van der Waals surface area (Å²) in [5.74, 6) is 1.95. The number of hydrogen-bond acceptors (Lipinski definition) is 6. The zero-order valence-electron chi connectivity index (χ0n) is 14.1. The molecular formula is C19H14ClN5O2. The minimum Gasteiger partial charge on any atom is -0.486 e. The summed E-state index contributed by atoms with van der Waals surface area (Å²) in [6.45, 7) is 1.07. The average molecular weight is 380 g/mol. The van der Waals surface area contributed by atoms with Gasteiger partial charge >= 0.3 is 0 Å². The molecular weight excluding hydrogens is 366 g/mol. The fourth-order valence-corrected chi connectivity index (χ4v) is 3.16. The molecule has 1 aliphatic rings. The molecule has 0 fully saturated rings. The first kappa shape index (κ1) is 15.9. The van der Waals surface area contributed by atoms with Gasteiger partial charge in [-0.15, -0.1) is 0 Å². The van der Waals surface area contributed by atoms with E-state index in [1.165, 1.54) is 0 Å². The van der Waals surface area contributed by atoms with Gasteiger partial charge in [0.2, 0.25) is 5.95 Å². The van der Waals surface area contributed by atoms with Crippen LogP contribution in [0.5, 0.6) is 11.5 Å². The first-order valence-corrected chi connectivity index (χ1v) is 8.78. The van der Waals surface area contributed by atoms with Crippen molar-refractivity contribution in [2.24, 2.45) is 5.10 Å². The molecule has 0 saturated heterocycles. The Bertz CT molecular complexity index is 1150. The maximum atomic E-state index is 6.31. The lowest BCUT2D eigenvalue weighted by Gasteiger charge is -2.18. The Balaban J connectivity index is 1.43. The van der Waals surface area contributed by atoms with Gasteiger partial charge in [0.05, 0.1) is 22.8 Å². The summed E-state index contributed by atoms with van der Waals surface area (Å²) >= 11 is 6.31. The highest BCUT2D eigenvalue weighted by Gasteiger charge is 2.14. The number of anilines is 1. The third-order valence-electron chi connectivity index (χ3n) is 4.22. The van der Waals surface area contributed by atoms with Gasteiger partial charge in [-0.3, -0.25) is 0 Å². The fraction of sp³-hybridized carbons (Fsp3) is 0.105. The Morgan fingerprint density at radius 1 is 1.04 bits per heavy atom. The topological polar surface area (TPSA) is 84.4 Å². The minimum atomic E-state index is 0.356. The summed E-state index contributed by atoms with van der Waals surface area (Å²) in [5, 5.41) is 5.47. The van der Waals surface area contributed by atoms with Gasteiger partial charge < -0.3 is 14.5 Å². The van der Waals surface area contributed by atoms with Crippen molar-refractivity contribution < 1.29 is 9.47 Å². The Labute approximate surface area is 159 Å².